The molecule has 1 aromatic carbocycles. The fourth-order valence-electron chi connectivity index (χ4n) is 2.44. The van der Waals surface area contributed by atoms with E-state index in [0.29, 0.717) is 12.0 Å². The molecular weight excluding hydrogens is 300 g/mol. The van der Waals surface area contributed by atoms with E-state index in [0.717, 1.165) is 17.4 Å². The van der Waals surface area contributed by atoms with Crippen molar-refractivity contribution in [1.82, 2.24) is 5.32 Å². The highest BCUT2D eigenvalue weighted by molar-refractivity contribution is 9.10. The van der Waals surface area contributed by atoms with Crippen LogP contribution in [0.5, 0.6) is 0 Å². The number of hydrogen-bond acceptors (Lipinski definition) is 2. The van der Waals surface area contributed by atoms with Crippen LogP contribution in [0.3, 0.4) is 0 Å². The Hall–Kier alpha value is -1.06. The van der Waals surface area contributed by atoms with Crippen LogP contribution >= 0.6 is 15.9 Å². The minimum atomic E-state index is 0.380. The molecule has 3 heteroatoms. The lowest BCUT2D eigenvalue weighted by molar-refractivity contribution is 0.494. The van der Waals surface area contributed by atoms with Gasteiger partial charge in [0.05, 0.1) is 0 Å². The van der Waals surface area contributed by atoms with Crippen LogP contribution in [0.2, 0.25) is 0 Å². The maximum atomic E-state index is 3.89. The van der Waals surface area contributed by atoms with Gasteiger partial charge in [0.2, 0.25) is 0 Å². The van der Waals surface area contributed by atoms with Gasteiger partial charge in [-0.2, -0.15) is 0 Å². The molecule has 2 N–H and O–H groups in total. The zero-order valence-electron chi connectivity index (χ0n) is 11.5. The summed E-state index contributed by atoms with van der Waals surface area (Å²) >= 11 is 3.56. The second kappa shape index (κ2) is 6.40. The number of rotatable bonds is 4. The van der Waals surface area contributed by atoms with E-state index in [1.807, 2.05) is 13.1 Å². The summed E-state index contributed by atoms with van der Waals surface area (Å²) in [5.74, 6) is 0.445. The van der Waals surface area contributed by atoms with Gasteiger partial charge in [0.1, 0.15) is 0 Å². The lowest BCUT2D eigenvalue weighted by Gasteiger charge is -2.27. The van der Waals surface area contributed by atoms with Gasteiger partial charge in [-0.1, -0.05) is 35.0 Å². The largest absolute Gasteiger partial charge is 0.388 e. The normalized spacial score (nSPS) is 20.6. The Bertz CT molecular complexity index is 494. The quantitative estimate of drug-likeness (QED) is 0.817. The molecular formula is C16H21BrN2. The third kappa shape index (κ3) is 3.28. The van der Waals surface area contributed by atoms with Crippen molar-refractivity contribution in [2.75, 3.05) is 18.9 Å². The molecule has 0 fully saturated rings. The summed E-state index contributed by atoms with van der Waals surface area (Å²) in [6, 6.07) is 6.76. The van der Waals surface area contributed by atoms with Crippen molar-refractivity contribution < 1.29 is 0 Å². The molecule has 1 aromatic rings. The molecule has 0 spiro atoms. The molecule has 2 atom stereocenters. The number of halogens is 1. The average molecular weight is 321 g/mol. The first kappa shape index (κ1) is 14.4. The fourth-order valence-corrected chi connectivity index (χ4v) is 2.80. The standard InChI is InChI=1S/C16H21BrN2/c1-4-11(2)16-9-12(7-8-19-16)14-10-13(17)5-6-15(14)18-3/h4-6,9-11,16,18-19H,1,7-8H2,2-3H3. The first-order valence-corrected chi connectivity index (χ1v) is 7.49. The number of anilines is 1. The van der Waals surface area contributed by atoms with Crippen molar-refractivity contribution in [2.45, 2.75) is 19.4 Å². The molecule has 1 aliphatic rings. The van der Waals surface area contributed by atoms with Gasteiger partial charge in [-0.05, 0) is 42.7 Å². The van der Waals surface area contributed by atoms with Crippen LogP contribution in [0.1, 0.15) is 18.9 Å². The summed E-state index contributed by atoms with van der Waals surface area (Å²) in [6.45, 7) is 7.11. The third-order valence-corrected chi connectivity index (χ3v) is 4.18. The van der Waals surface area contributed by atoms with Crippen LogP contribution in [0.25, 0.3) is 5.57 Å². The Kier molecular flexibility index (Phi) is 4.83. The molecule has 1 aliphatic heterocycles. The summed E-state index contributed by atoms with van der Waals surface area (Å²) in [5.41, 5.74) is 3.88. The van der Waals surface area contributed by atoms with Gasteiger partial charge in [0.25, 0.3) is 0 Å². The summed E-state index contributed by atoms with van der Waals surface area (Å²) < 4.78 is 1.12. The van der Waals surface area contributed by atoms with E-state index in [1.54, 1.807) is 0 Å². The van der Waals surface area contributed by atoms with E-state index in [9.17, 15) is 0 Å². The van der Waals surface area contributed by atoms with Gasteiger partial charge in [-0.15, -0.1) is 6.58 Å². The average Bonchev–Trinajstić information content (AvgIpc) is 2.46. The Balaban J connectivity index is 2.37. The maximum Gasteiger partial charge on any atom is 0.0414 e. The zero-order valence-corrected chi connectivity index (χ0v) is 13.1. The molecule has 2 nitrogen and oxygen atoms in total. The molecule has 0 bridgehead atoms. The first-order chi connectivity index (χ1) is 9.15. The van der Waals surface area contributed by atoms with Gasteiger partial charge < -0.3 is 10.6 Å². The fraction of sp³-hybridized carbons (Fsp3) is 0.375. The third-order valence-electron chi connectivity index (χ3n) is 3.69. The molecule has 2 unspecified atom stereocenters. The molecule has 2 rings (SSSR count). The summed E-state index contributed by atoms with van der Waals surface area (Å²) in [4.78, 5) is 0. The summed E-state index contributed by atoms with van der Waals surface area (Å²) in [5, 5.41) is 6.82. The molecule has 0 aromatic heterocycles. The summed E-state index contributed by atoms with van der Waals surface area (Å²) in [7, 11) is 1.97. The first-order valence-electron chi connectivity index (χ1n) is 6.70. The number of nitrogens with one attached hydrogen (secondary N) is 2. The predicted octanol–water partition coefficient (Wildman–Crippen LogP) is 4.06. The number of hydrogen-bond donors (Lipinski definition) is 2. The Morgan fingerprint density at radius 1 is 1.53 bits per heavy atom. The maximum absolute atomic E-state index is 3.89. The highest BCUT2D eigenvalue weighted by Crippen LogP contribution is 2.31. The number of benzene rings is 1. The van der Waals surface area contributed by atoms with Crippen LogP contribution in [-0.2, 0) is 0 Å². The minimum absolute atomic E-state index is 0.380. The van der Waals surface area contributed by atoms with E-state index >= 15 is 0 Å². The molecule has 0 saturated carbocycles. The smallest absolute Gasteiger partial charge is 0.0414 e. The monoisotopic (exact) mass is 320 g/mol. The summed E-state index contributed by atoms with van der Waals surface area (Å²) in [6.07, 6.45) is 5.42. The molecule has 0 radical (unpaired) electrons. The van der Waals surface area contributed by atoms with E-state index in [2.05, 4.69) is 64.3 Å². The molecule has 0 aliphatic carbocycles. The molecule has 19 heavy (non-hydrogen) atoms. The van der Waals surface area contributed by atoms with Crippen LogP contribution in [0.4, 0.5) is 5.69 Å². The second-order valence-corrected chi connectivity index (χ2v) is 5.87. The van der Waals surface area contributed by atoms with E-state index in [4.69, 9.17) is 0 Å². The topological polar surface area (TPSA) is 24.1 Å². The minimum Gasteiger partial charge on any atom is -0.388 e. The second-order valence-electron chi connectivity index (χ2n) is 4.96. The molecule has 0 amide bonds. The van der Waals surface area contributed by atoms with Crippen molar-refractivity contribution >= 4 is 27.2 Å². The lowest BCUT2D eigenvalue weighted by atomic mass is 9.91. The van der Waals surface area contributed by atoms with Crippen LogP contribution < -0.4 is 10.6 Å². The molecule has 102 valence electrons. The van der Waals surface area contributed by atoms with Gasteiger partial charge in [0, 0.05) is 28.8 Å². The van der Waals surface area contributed by atoms with E-state index < -0.39 is 0 Å². The van der Waals surface area contributed by atoms with Crippen molar-refractivity contribution in [3.8, 4) is 0 Å². The highest BCUT2D eigenvalue weighted by Gasteiger charge is 2.19. The van der Waals surface area contributed by atoms with Gasteiger partial charge in [-0.3, -0.25) is 0 Å². The highest BCUT2D eigenvalue weighted by atomic mass is 79.9. The van der Waals surface area contributed by atoms with Crippen molar-refractivity contribution in [2.24, 2.45) is 5.92 Å². The van der Waals surface area contributed by atoms with Crippen molar-refractivity contribution in [1.29, 1.82) is 0 Å². The van der Waals surface area contributed by atoms with E-state index in [-0.39, 0.29) is 0 Å². The zero-order chi connectivity index (χ0) is 13.8. The predicted molar refractivity (Wildman–Crippen MR) is 87.4 cm³/mol. The lowest BCUT2D eigenvalue weighted by Crippen LogP contribution is -2.36. The van der Waals surface area contributed by atoms with Crippen molar-refractivity contribution in [3.05, 3.63) is 47.0 Å². The van der Waals surface area contributed by atoms with Crippen molar-refractivity contribution in [3.63, 3.8) is 0 Å². The Morgan fingerprint density at radius 2 is 2.32 bits per heavy atom. The Morgan fingerprint density at radius 3 is 3.00 bits per heavy atom. The van der Waals surface area contributed by atoms with Crippen LogP contribution in [0, 0.1) is 5.92 Å². The molecule has 0 saturated heterocycles. The van der Waals surface area contributed by atoms with Crippen LogP contribution in [-0.4, -0.2) is 19.6 Å². The Labute approximate surface area is 124 Å². The van der Waals surface area contributed by atoms with E-state index in [1.165, 1.54) is 16.8 Å². The van der Waals surface area contributed by atoms with Gasteiger partial charge in [-0.25, -0.2) is 0 Å². The van der Waals surface area contributed by atoms with Gasteiger partial charge >= 0.3 is 0 Å². The van der Waals surface area contributed by atoms with Gasteiger partial charge in [0.15, 0.2) is 0 Å². The molecule has 1 heterocycles. The van der Waals surface area contributed by atoms with Crippen LogP contribution in [0.15, 0.2) is 41.4 Å². The SMILES string of the molecule is C=CC(C)C1C=C(c2cc(Br)ccc2NC)CCN1.